The number of halogens is 3. The van der Waals surface area contributed by atoms with Crippen LogP contribution >= 0.6 is 11.8 Å². The van der Waals surface area contributed by atoms with Gasteiger partial charge in [-0.15, -0.1) is 0 Å². The zero-order valence-corrected chi connectivity index (χ0v) is 10.5. The van der Waals surface area contributed by atoms with Crippen molar-refractivity contribution in [2.24, 2.45) is 7.05 Å². The van der Waals surface area contributed by atoms with Crippen LogP contribution in [-0.2, 0) is 13.2 Å². The molecule has 2 aromatic heterocycles. The molecule has 0 fully saturated rings. The number of pyridine rings is 1. The van der Waals surface area contributed by atoms with E-state index < -0.39 is 11.7 Å². The van der Waals surface area contributed by atoms with E-state index in [1.807, 2.05) is 0 Å². The summed E-state index contributed by atoms with van der Waals surface area (Å²) in [6.45, 7) is 0. The summed E-state index contributed by atoms with van der Waals surface area (Å²) in [5.74, 6) is 0. The summed E-state index contributed by atoms with van der Waals surface area (Å²) in [7, 11) is 1.56. The first-order chi connectivity index (χ1) is 8.88. The molecule has 0 unspecified atom stereocenters. The average Bonchev–Trinajstić information content (AvgIpc) is 2.35. The summed E-state index contributed by atoms with van der Waals surface area (Å²) >= 11 is 0.925. The van der Waals surface area contributed by atoms with Gasteiger partial charge in [0.05, 0.1) is 5.56 Å². The van der Waals surface area contributed by atoms with Gasteiger partial charge in [0.1, 0.15) is 5.03 Å². The number of nitrogens with zero attached hydrogens (tertiary/aromatic N) is 3. The number of hydrogen-bond donors (Lipinski definition) is 0. The predicted octanol–water partition coefficient (Wildman–Crippen LogP) is 2.35. The quantitative estimate of drug-likeness (QED) is 0.850. The van der Waals surface area contributed by atoms with Crippen molar-refractivity contribution in [1.29, 1.82) is 0 Å². The Morgan fingerprint density at radius 2 is 2.00 bits per heavy atom. The Balaban J connectivity index is 2.25. The SMILES string of the molecule is Cn1ccnc(Sc2ccc(C(F)(F)F)cn2)c1=O. The van der Waals surface area contributed by atoms with Crippen molar-refractivity contribution < 1.29 is 13.2 Å². The van der Waals surface area contributed by atoms with E-state index in [9.17, 15) is 18.0 Å². The van der Waals surface area contributed by atoms with E-state index in [1.165, 1.54) is 23.0 Å². The highest BCUT2D eigenvalue weighted by Gasteiger charge is 2.30. The maximum absolute atomic E-state index is 12.4. The Labute approximate surface area is 110 Å². The summed E-state index contributed by atoms with van der Waals surface area (Å²) in [5.41, 5.74) is -1.15. The number of aryl methyl sites for hydroxylation is 1. The third-order valence-electron chi connectivity index (χ3n) is 2.25. The molecule has 0 saturated carbocycles. The van der Waals surface area contributed by atoms with Gasteiger partial charge in [0.2, 0.25) is 0 Å². The van der Waals surface area contributed by atoms with Crippen molar-refractivity contribution in [3.8, 4) is 0 Å². The minimum atomic E-state index is -4.42. The largest absolute Gasteiger partial charge is 0.417 e. The summed E-state index contributed by atoms with van der Waals surface area (Å²) in [6.07, 6.45) is -0.756. The molecular formula is C11H8F3N3OS. The fourth-order valence-corrected chi connectivity index (χ4v) is 2.04. The van der Waals surface area contributed by atoms with Crippen molar-refractivity contribution in [2.45, 2.75) is 16.2 Å². The molecule has 0 aromatic carbocycles. The second-order valence-electron chi connectivity index (χ2n) is 3.63. The number of rotatable bonds is 2. The van der Waals surface area contributed by atoms with E-state index in [0.717, 1.165) is 24.0 Å². The van der Waals surface area contributed by atoms with Gasteiger partial charge in [0.15, 0.2) is 5.03 Å². The highest BCUT2D eigenvalue weighted by molar-refractivity contribution is 7.99. The summed E-state index contributed by atoms with van der Waals surface area (Å²) < 4.78 is 38.4. The van der Waals surface area contributed by atoms with E-state index in [-0.39, 0.29) is 15.6 Å². The van der Waals surface area contributed by atoms with Crippen LogP contribution in [0, 0.1) is 0 Å². The molecule has 0 atom stereocenters. The standard InChI is InChI=1S/C11H8F3N3OS/c1-17-5-4-15-9(10(17)18)19-8-3-2-7(6-16-8)11(12,13)14/h2-6H,1H3. The van der Waals surface area contributed by atoms with Gasteiger partial charge in [-0.25, -0.2) is 9.97 Å². The van der Waals surface area contributed by atoms with Crippen LogP contribution < -0.4 is 5.56 Å². The van der Waals surface area contributed by atoms with Gasteiger partial charge < -0.3 is 4.57 Å². The molecule has 0 aliphatic rings. The lowest BCUT2D eigenvalue weighted by atomic mass is 10.3. The molecule has 0 amide bonds. The molecule has 2 heterocycles. The number of hydrogen-bond acceptors (Lipinski definition) is 4. The van der Waals surface area contributed by atoms with Crippen molar-refractivity contribution in [2.75, 3.05) is 0 Å². The lowest BCUT2D eigenvalue weighted by molar-refractivity contribution is -0.137. The van der Waals surface area contributed by atoms with Gasteiger partial charge in [-0.1, -0.05) is 0 Å². The molecule has 0 N–H and O–H groups in total. The number of alkyl halides is 3. The molecule has 2 aromatic rings. The van der Waals surface area contributed by atoms with E-state index >= 15 is 0 Å². The Bertz CT molecular complexity index is 637. The third kappa shape index (κ3) is 3.14. The van der Waals surface area contributed by atoms with Gasteiger partial charge in [0.25, 0.3) is 5.56 Å². The van der Waals surface area contributed by atoms with Crippen LogP contribution in [0.25, 0.3) is 0 Å². The average molecular weight is 287 g/mol. The smallest absolute Gasteiger partial charge is 0.315 e. The normalized spacial score (nSPS) is 11.6. The second kappa shape index (κ2) is 5.04. The van der Waals surface area contributed by atoms with Crippen LogP contribution in [0.2, 0.25) is 0 Å². The fourth-order valence-electron chi connectivity index (χ4n) is 1.25. The van der Waals surface area contributed by atoms with Crippen molar-refractivity contribution in [1.82, 2.24) is 14.5 Å². The molecule has 2 rings (SSSR count). The van der Waals surface area contributed by atoms with E-state index in [0.29, 0.717) is 0 Å². The molecule has 0 aliphatic carbocycles. The van der Waals surface area contributed by atoms with E-state index in [2.05, 4.69) is 9.97 Å². The summed E-state index contributed by atoms with van der Waals surface area (Å²) in [4.78, 5) is 19.2. The van der Waals surface area contributed by atoms with Gasteiger partial charge in [-0.3, -0.25) is 4.79 Å². The Kier molecular flexibility index (Phi) is 3.61. The molecule has 0 radical (unpaired) electrons. The minimum absolute atomic E-state index is 0.164. The van der Waals surface area contributed by atoms with Gasteiger partial charge in [-0.2, -0.15) is 13.2 Å². The summed E-state index contributed by atoms with van der Waals surface area (Å²) in [6, 6.07) is 2.13. The molecule has 0 bridgehead atoms. The third-order valence-corrected chi connectivity index (χ3v) is 3.17. The summed E-state index contributed by atoms with van der Waals surface area (Å²) in [5, 5.41) is 0.445. The lowest BCUT2D eigenvalue weighted by Gasteiger charge is -2.06. The van der Waals surface area contributed by atoms with Crippen LogP contribution in [0.4, 0.5) is 13.2 Å². The molecule has 100 valence electrons. The Hall–Kier alpha value is -1.83. The second-order valence-corrected chi connectivity index (χ2v) is 4.64. The molecule has 0 spiro atoms. The van der Waals surface area contributed by atoms with Crippen LogP contribution in [0.1, 0.15) is 5.56 Å². The van der Waals surface area contributed by atoms with Gasteiger partial charge >= 0.3 is 6.18 Å². The fraction of sp³-hybridized carbons (Fsp3) is 0.182. The minimum Gasteiger partial charge on any atom is -0.315 e. The first-order valence-electron chi connectivity index (χ1n) is 5.10. The first kappa shape index (κ1) is 13.6. The molecule has 4 nitrogen and oxygen atoms in total. The Morgan fingerprint density at radius 3 is 2.58 bits per heavy atom. The van der Waals surface area contributed by atoms with E-state index in [4.69, 9.17) is 0 Å². The van der Waals surface area contributed by atoms with Crippen LogP contribution in [0.5, 0.6) is 0 Å². The van der Waals surface area contributed by atoms with E-state index in [1.54, 1.807) is 7.05 Å². The molecule has 0 aliphatic heterocycles. The van der Waals surface area contributed by atoms with Crippen LogP contribution in [-0.4, -0.2) is 14.5 Å². The van der Waals surface area contributed by atoms with Crippen LogP contribution in [0.3, 0.4) is 0 Å². The zero-order valence-electron chi connectivity index (χ0n) is 9.68. The van der Waals surface area contributed by atoms with Crippen LogP contribution in [0.15, 0.2) is 45.6 Å². The zero-order chi connectivity index (χ0) is 14.0. The maximum Gasteiger partial charge on any atom is 0.417 e. The molecular weight excluding hydrogens is 279 g/mol. The van der Waals surface area contributed by atoms with Gasteiger partial charge in [-0.05, 0) is 23.9 Å². The molecule has 0 saturated heterocycles. The monoisotopic (exact) mass is 287 g/mol. The predicted molar refractivity (Wildman–Crippen MR) is 62.8 cm³/mol. The Morgan fingerprint density at radius 1 is 1.26 bits per heavy atom. The topological polar surface area (TPSA) is 47.8 Å². The maximum atomic E-state index is 12.4. The first-order valence-corrected chi connectivity index (χ1v) is 5.92. The van der Waals surface area contributed by atoms with Gasteiger partial charge in [0, 0.05) is 25.6 Å². The molecule has 8 heteroatoms. The van der Waals surface area contributed by atoms with Crippen molar-refractivity contribution in [3.63, 3.8) is 0 Å². The highest BCUT2D eigenvalue weighted by Crippen LogP contribution is 2.30. The van der Waals surface area contributed by atoms with Crippen molar-refractivity contribution in [3.05, 3.63) is 46.6 Å². The molecule has 19 heavy (non-hydrogen) atoms. The number of aromatic nitrogens is 3. The van der Waals surface area contributed by atoms with Crippen molar-refractivity contribution >= 4 is 11.8 Å². The lowest BCUT2D eigenvalue weighted by Crippen LogP contribution is -2.18. The highest BCUT2D eigenvalue weighted by atomic mass is 32.2.